The summed E-state index contributed by atoms with van der Waals surface area (Å²) in [7, 11) is 2.05. The maximum atomic E-state index is 8.82. The van der Waals surface area contributed by atoms with Crippen LogP contribution in [-0.2, 0) is 0 Å². The lowest BCUT2D eigenvalue weighted by molar-refractivity contribution is 0.142. The Morgan fingerprint density at radius 3 is 2.43 bits per heavy atom. The number of hydrogen-bond acceptors (Lipinski definition) is 3. The zero-order chi connectivity index (χ0) is 11.2. The van der Waals surface area contributed by atoms with Gasteiger partial charge in [0.15, 0.2) is 0 Å². The van der Waals surface area contributed by atoms with Crippen molar-refractivity contribution in [1.29, 1.82) is 0 Å². The maximum absolute atomic E-state index is 8.82. The quantitative estimate of drug-likeness (QED) is 0.645. The zero-order valence-corrected chi connectivity index (χ0v) is 10.3. The summed E-state index contributed by atoms with van der Waals surface area (Å²) in [6.45, 7) is 11.9. The second kappa shape index (κ2) is 6.38. The molecule has 14 heavy (non-hydrogen) atoms. The first-order chi connectivity index (χ1) is 6.44. The second-order valence-electron chi connectivity index (χ2n) is 4.73. The Balaban J connectivity index is 4.03. The second-order valence-corrected chi connectivity index (χ2v) is 4.73. The third-order valence-electron chi connectivity index (χ3n) is 2.84. The molecule has 3 nitrogen and oxygen atoms in total. The number of likely N-dealkylation sites (N-methyl/N-ethyl adjacent to an activating group) is 1. The molecule has 0 aromatic carbocycles. The molecule has 0 aliphatic rings. The van der Waals surface area contributed by atoms with Crippen LogP contribution in [0.25, 0.3) is 0 Å². The van der Waals surface area contributed by atoms with E-state index < -0.39 is 0 Å². The molecule has 0 aromatic rings. The summed E-state index contributed by atoms with van der Waals surface area (Å²) < 4.78 is 0. The van der Waals surface area contributed by atoms with Gasteiger partial charge >= 0.3 is 0 Å². The molecular formula is C11H26N2O. The van der Waals surface area contributed by atoms with Gasteiger partial charge in [-0.15, -0.1) is 0 Å². The van der Waals surface area contributed by atoms with Crippen molar-refractivity contribution in [3.8, 4) is 0 Å². The molecule has 2 N–H and O–H groups in total. The number of nitrogens with one attached hydrogen (secondary N) is 1. The van der Waals surface area contributed by atoms with Gasteiger partial charge in [0.2, 0.25) is 0 Å². The Kier molecular flexibility index (Phi) is 6.33. The van der Waals surface area contributed by atoms with Gasteiger partial charge in [-0.05, 0) is 25.9 Å². The molecule has 0 amide bonds. The molecule has 0 heterocycles. The van der Waals surface area contributed by atoms with E-state index in [0.717, 1.165) is 19.6 Å². The van der Waals surface area contributed by atoms with E-state index in [1.54, 1.807) is 0 Å². The maximum Gasteiger partial charge on any atom is 0.0558 e. The van der Waals surface area contributed by atoms with E-state index in [1.165, 1.54) is 0 Å². The van der Waals surface area contributed by atoms with Crippen molar-refractivity contribution in [2.24, 2.45) is 5.41 Å². The molecule has 86 valence electrons. The van der Waals surface area contributed by atoms with Crippen LogP contribution in [0.15, 0.2) is 0 Å². The summed E-state index contributed by atoms with van der Waals surface area (Å²) in [4.78, 5) is 2.17. The molecule has 0 rings (SSSR count). The van der Waals surface area contributed by atoms with Crippen molar-refractivity contribution in [2.45, 2.75) is 33.7 Å². The third kappa shape index (κ3) is 4.94. The molecule has 1 unspecified atom stereocenters. The Hall–Kier alpha value is -0.120. The van der Waals surface area contributed by atoms with Gasteiger partial charge in [-0.25, -0.2) is 0 Å². The van der Waals surface area contributed by atoms with E-state index in [-0.39, 0.29) is 12.0 Å². The Morgan fingerprint density at radius 2 is 2.00 bits per heavy atom. The van der Waals surface area contributed by atoms with E-state index in [1.807, 2.05) is 0 Å². The highest BCUT2D eigenvalue weighted by atomic mass is 16.3. The first-order valence-electron chi connectivity index (χ1n) is 5.46. The van der Waals surface area contributed by atoms with Crippen LogP contribution in [0, 0.1) is 5.41 Å². The SMILES string of the molecule is CCNC(C)C(C)(C)CN(C)CCO. The van der Waals surface area contributed by atoms with Crippen LogP contribution in [-0.4, -0.2) is 49.3 Å². The predicted molar refractivity (Wildman–Crippen MR) is 61.5 cm³/mol. The minimum atomic E-state index is 0.236. The normalized spacial score (nSPS) is 14.8. The van der Waals surface area contributed by atoms with E-state index in [4.69, 9.17) is 5.11 Å². The van der Waals surface area contributed by atoms with Crippen LogP contribution >= 0.6 is 0 Å². The van der Waals surface area contributed by atoms with Crippen molar-refractivity contribution in [2.75, 3.05) is 33.3 Å². The van der Waals surface area contributed by atoms with Gasteiger partial charge in [-0.3, -0.25) is 0 Å². The Bertz CT molecular complexity index is 148. The Morgan fingerprint density at radius 1 is 1.43 bits per heavy atom. The van der Waals surface area contributed by atoms with E-state index >= 15 is 0 Å². The molecule has 0 radical (unpaired) electrons. The number of rotatable bonds is 7. The zero-order valence-electron chi connectivity index (χ0n) is 10.3. The van der Waals surface area contributed by atoms with Crippen LogP contribution < -0.4 is 5.32 Å². The van der Waals surface area contributed by atoms with Gasteiger partial charge in [0.05, 0.1) is 6.61 Å². The highest BCUT2D eigenvalue weighted by Crippen LogP contribution is 2.21. The molecule has 0 spiro atoms. The lowest BCUT2D eigenvalue weighted by atomic mass is 9.85. The average Bonchev–Trinajstić information content (AvgIpc) is 2.03. The standard InChI is InChI=1S/C11H26N2O/c1-6-12-10(2)11(3,4)9-13(5)7-8-14/h10,12,14H,6-9H2,1-5H3. The lowest BCUT2D eigenvalue weighted by Gasteiger charge is -2.35. The summed E-state index contributed by atoms with van der Waals surface area (Å²) in [5.41, 5.74) is 0.236. The van der Waals surface area contributed by atoms with E-state index in [0.29, 0.717) is 6.04 Å². The number of aliphatic hydroxyl groups is 1. The predicted octanol–water partition coefficient (Wildman–Crippen LogP) is 0.935. The van der Waals surface area contributed by atoms with E-state index in [2.05, 4.69) is 45.0 Å². The fraction of sp³-hybridized carbons (Fsp3) is 1.00. The average molecular weight is 202 g/mol. The molecule has 3 heteroatoms. The largest absolute Gasteiger partial charge is 0.395 e. The van der Waals surface area contributed by atoms with Crippen LogP contribution in [0.3, 0.4) is 0 Å². The molecule has 0 aromatic heterocycles. The van der Waals surface area contributed by atoms with Crippen molar-refractivity contribution in [3.05, 3.63) is 0 Å². The minimum Gasteiger partial charge on any atom is -0.395 e. The number of aliphatic hydroxyl groups excluding tert-OH is 1. The van der Waals surface area contributed by atoms with Crippen molar-refractivity contribution in [1.82, 2.24) is 10.2 Å². The van der Waals surface area contributed by atoms with Crippen LogP contribution in [0.2, 0.25) is 0 Å². The van der Waals surface area contributed by atoms with Crippen molar-refractivity contribution in [3.63, 3.8) is 0 Å². The number of nitrogens with zero attached hydrogens (tertiary/aromatic N) is 1. The molecular weight excluding hydrogens is 176 g/mol. The van der Waals surface area contributed by atoms with Crippen molar-refractivity contribution < 1.29 is 5.11 Å². The molecule has 0 aliphatic heterocycles. The molecule has 0 aliphatic carbocycles. The Labute approximate surface area is 88.5 Å². The van der Waals surface area contributed by atoms with Gasteiger partial charge in [0.1, 0.15) is 0 Å². The number of hydrogen-bond donors (Lipinski definition) is 2. The van der Waals surface area contributed by atoms with Crippen LogP contribution in [0.4, 0.5) is 0 Å². The monoisotopic (exact) mass is 202 g/mol. The first-order valence-corrected chi connectivity index (χ1v) is 5.46. The minimum absolute atomic E-state index is 0.236. The first kappa shape index (κ1) is 13.9. The fourth-order valence-electron chi connectivity index (χ4n) is 1.66. The lowest BCUT2D eigenvalue weighted by Crippen LogP contribution is -2.46. The van der Waals surface area contributed by atoms with Gasteiger partial charge in [-0.2, -0.15) is 0 Å². The van der Waals surface area contributed by atoms with Gasteiger partial charge in [0, 0.05) is 19.1 Å². The highest BCUT2D eigenvalue weighted by Gasteiger charge is 2.26. The van der Waals surface area contributed by atoms with Crippen LogP contribution in [0.1, 0.15) is 27.7 Å². The van der Waals surface area contributed by atoms with Gasteiger partial charge in [-0.1, -0.05) is 20.8 Å². The molecule has 0 saturated heterocycles. The summed E-state index contributed by atoms with van der Waals surface area (Å²) in [5.74, 6) is 0. The summed E-state index contributed by atoms with van der Waals surface area (Å²) in [5, 5.41) is 12.3. The molecule has 0 bridgehead atoms. The summed E-state index contributed by atoms with van der Waals surface area (Å²) in [6.07, 6.45) is 0. The molecule has 0 saturated carbocycles. The fourth-order valence-corrected chi connectivity index (χ4v) is 1.66. The smallest absolute Gasteiger partial charge is 0.0558 e. The van der Waals surface area contributed by atoms with Crippen molar-refractivity contribution >= 4 is 0 Å². The molecule has 0 fully saturated rings. The summed E-state index contributed by atoms with van der Waals surface area (Å²) in [6, 6.07) is 0.494. The highest BCUT2D eigenvalue weighted by molar-refractivity contribution is 4.82. The summed E-state index contributed by atoms with van der Waals surface area (Å²) >= 11 is 0. The van der Waals surface area contributed by atoms with E-state index in [9.17, 15) is 0 Å². The topological polar surface area (TPSA) is 35.5 Å². The molecule has 1 atom stereocenters. The van der Waals surface area contributed by atoms with Crippen LogP contribution in [0.5, 0.6) is 0 Å². The van der Waals surface area contributed by atoms with Gasteiger partial charge in [0.25, 0.3) is 0 Å². The van der Waals surface area contributed by atoms with Gasteiger partial charge < -0.3 is 15.3 Å². The third-order valence-corrected chi connectivity index (χ3v) is 2.84.